The summed E-state index contributed by atoms with van der Waals surface area (Å²) in [6, 6.07) is 8.78. The third-order valence-corrected chi connectivity index (χ3v) is 3.47. The number of aldehydes is 1. The van der Waals surface area contributed by atoms with Gasteiger partial charge < -0.3 is 5.11 Å². The van der Waals surface area contributed by atoms with E-state index in [1.807, 2.05) is 0 Å². The van der Waals surface area contributed by atoms with Crippen LogP contribution in [0.5, 0.6) is 0 Å². The van der Waals surface area contributed by atoms with Gasteiger partial charge in [-0.05, 0) is 6.07 Å². The molecule has 0 aromatic heterocycles. The van der Waals surface area contributed by atoms with Gasteiger partial charge in [0.25, 0.3) is 0 Å². The van der Waals surface area contributed by atoms with E-state index >= 15 is 0 Å². The van der Waals surface area contributed by atoms with Crippen LogP contribution in [0.1, 0.15) is 52.6 Å². The van der Waals surface area contributed by atoms with Crippen LogP contribution in [0.25, 0.3) is 0 Å². The summed E-state index contributed by atoms with van der Waals surface area (Å²) in [5, 5.41) is 9.28. The van der Waals surface area contributed by atoms with Gasteiger partial charge in [0, 0.05) is 27.8 Å². The van der Waals surface area contributed by atoms with E-state index in [0.717, 1.165) is 0 Å². The predicted molar refractivity (Wildman–Crippen MR) is 72.1 cm³/mol. The van der Waals surface area contributed by atoms with Crippen molar-refractivity contribution in [3.05, 3.63) is 69.8 Å². The van der Waals surface area contributed by atoms with E-state index in [2.05, 4.69) is 0 Å². The monoisotopic (exact) mass is 280 g/mol. The van der Waals surface area contributed by atoms with Gasteiger partial charge in [-0.15, -0.1) is 0 Å². The molecule has 21 heavy (non-hydrogen) atoms. The van der Waals surface area contributed by atoms with Crippen LogP contribution in [0.4, 0.5) is 0 Å². The molecule has 1 aliphatic carbocycles. The molecule has 0 saturated heterocycles. The Balaban J connectivity index is 2.41. The summed E-state index contributed by atoms with van der Waals surface area (Å²) in [5.74, 6) is -2.38. The number of rotatable bonds is 2. The Hall–Kier alpha value is -3.08. The molecule has 0 spiro atoms. The first-order valence-corrected chi connectivity index (χ1v) is 6.10. The molecular formula is C16H8O5. The summed E-state index contributed by atoms with van der Waals surface area (Å²) in [6.07, 6.45) is 0.363. The second-order valence-corrected chi connectivity index (χ2v) is 4.58. The molecule has 0 radical (unpaired) electrons. The highest BCUT2D eigenvalue weighted by Gasteiger charge is 2.34. The SMILES string of the molecule is O=Cc1ccc2c(c1C(=O)O)C(=O)c1ccccc1C2=O. The number of benzene rings is 2. The van der Waals surface area contributed by atoms with Gasteiger partial charge in [0.05, 0.1) is 5.56 Å². The van der Waals surface area contributed by atoms with Crippen LogP contribution in [-0.2, 0) is 0 Å². The number of carboxylic acid groups (broad SMARTS) is 1. The van der Waals surface area contributed by atoms with E-state index in [1.165, 1.54) is 24.3 Å². The number of fused-ring (bicyclic) bond motifs is 2. The maximum atomic E-state index is 12.5. The van der Waals surface area contributed by atoms with Gasteiger partial charge in [-0.3, -0.25) is 14.4 Å². The Bertz CT molecular complexity index is 833. The van der Waals surface area contributed by atoms with Crippen molar-refractivity contribution in [2.45, 2.75) is 0 Å². The lowest BCUT2D eigenvalue weighted by molar-refractivity contribution is 0.0689. The largest absolute Gasteiger partial charge is 0.478 e. The lowest BCUT2D eigenvalue weighted by Crippen LogP contribution is -2.24. The molecule has 0 amide bonds. The van der Waals surface area contributed by atoms with Crippen molar-refractivity contribution in [2.75, 3.05) is 0 Å². The van der Waals surface area contributed by atoms with Gasteiger partial charge in [0.15, 0.2) is 17.9 Å². The molecule has 0 atom stereocenters. The summed E-state index contributed by atoms with van der Waals surface area (Å²) < 4.78 is 0. The minimum atomic E-state index is -1.41. The molecule has 1 aliphatic rings. The summed E-state index contributed by atoms with van der Waals surface area (Å²) in [6.45, 7) is 0. The highest BCUT2D eigenvalue weighted by atomic mass is 16.4. The van der Waals surface area contributed by atoms with Crippen molar-refractivity contribution in [1.82, 2.24) is 0 Å². The molecule has 3 rings (SSSR count). The molecular weight excluding hydrogens is 272 g/mol. The maximum Gasteiger partial charge on any atom is 0.337 e. The second-order valence-electron chi connectivity index (χ2n) is 4.58. The summed E-state index contributed by atoms with van der Waals surface area (Å²) in [7, 11) is 0. The van der Waals surface area contributed by atoms with E-state index < -0.39 is 23.1 Å². The average molecular weight is 280 g/mol. The first-order chi connectivity index (χ1) is 10.1. The molecule has 0 saturated carbocycles. The lowest BCUT2D eigenvalue weighted by Gasteiger charge is -2.19. The van der Waals surface area contributed by atoms with Crippen LogP contribution < -0.4 is 0 Å². The molecule has 102 valence electrons. The Kier molecular flexibility index (Phi) is 2.76. The summed E-state index contributed by atoms with van der Waals surface area (Å²) >= 11 is 0. The molecule has 0 heterocycles. The van der Waals surface area contributed by atoms with Crippen molar-refractivity contribution in [3.63, 3.8) is 0 Å². The second kappa shape index (κ2) is 4.49. The zero-order valence-electron chi connectivity index (χ0n) is 10.6. The quantitative estimate of drug-likeness (QED) is 0.725. The van der Waals surface area contributed by atoms with E-state index in [1.54, 1.807) is 12.1 Å². The van der Waals surface area contributed by atoms with Gasteiger partial charge in [-0.25, -0.2) is 4.79 Å². The van der Waals surface area contributed by atoms with Gasteiger partial charge in [-0.1, -0.05) is 30.3 Å². The Labute approximate surface area is 118 Å². The van der Waals surface area contributed by atoms with E-state index in [9.17, 15) is 24.3 Å². The van der Waals surface area contributed by atoms with E-state index in [4.69, 9.17) is 0 Å². The number of aromatic carboxylic acids is 1. The Morgan fingerprint density at radius 1 is 0.905 bits per heavy atom. The number of carboxylic acids is 1. The third kappa shape index (κ3) is 1.71. The van der Waals surface area contributed by atoms with Crippen LogP contribution >= 0.6 is 0 Å². The van der Waals surface area contributed by atoms with E-state index in [0.29, 0.717) is 6.29 Å². The fraction of sp³-hybridized carbons (Fsp3) is 0. The number of carbonyl (C=O) groups excluding carboxylic acids is 3. The zero-order chi connectivity index (χ0) is 15.1. The van der Waals surface area contributed by atoms with E-state index in [-0.39, 0.29) is 27.8 Å². The van der Waals surface area contributed by atoms with Crippen molar-refractivity contribution in [2.24, 2.45) is 0 Å². The van der Waals surface area contributed by atoms with Crippen LogP contribution in [0, 0.1) is 0 Å². The molecule has 2 aromatic rings. The Morgan fingerprint density at radius 2 is 1.52 bits per heavy atom. The number of ketones is 2. The highest BCUT2D eigenvalue weighted by molar-refractivity contribution is 6.31. The standard InChI is InChI=1S/C16H8O5/c17-7-8-5-6-11-13(12(8)16(20)21)15(19)10-4-2-1-3-9(10)14(11)18/h1-7H,(H,20,21). The number of carbonyl (C=O) groups is 4. The minimum absolute atomic E-state index is 0.0155. The predicted octanol–water partition coefficient (Wildman–Crippen LogP) is 1.97. The molecule has 5 heteroatoms. The fourth-order valence-electron chi connectivity index (χ4n) is 2.53. The maximum absolute atomic E-state index is 12.5. The first kappa shape index (κ1) is 12.9. The number of hydrogen-bond acceptors (Lipinski definition) is 4. The van der Waals surface area contributed by atoms with Crippen LogP contribution in [-0.4, -0.2) is 28.9 Å². The normalized spacial score (nSPS) is 12.6. The molecule has 2 aromatic carbocycles. The zero-order valence-corrected chi connectivity index (χ0v) is 10.6. The van der Waals surface area contributed by atoms with Crippen LogP contribution in [0.3, 0.4) is 0 Å². The Morgan fingerprint density at radius 3 is 2.10 bits per heavy atom. The van der Waals surface area contributed by atoms with Crippen molar-refractivity contribution in [1.29, 1.82) is 0 Å². The van der Waals surface area contributed by atoms with Gasteiger partial charge in [-0.2, -0.15) is 0 Å². The fourth-order valence-corrected chi connectivity index (χ4v) is 2.53. The molecule has 0 unspecified atom stereocenters. The summed E-state index contributed by atoms with van der Waals surface area (Å²) in [4.78, 5) is 47.3. The van der Waals surface area contributed by atoms with Gasteiger partial charge in [0.1, 0.15) is 0 Å². The van der Waals surface area contributed by atoms with Crippen molar-refractivity contribution in [3.8, 4) is 0 Å². The average Bonchev–Trinajstić information content (AvgIpc) is 2.51. The highest BCUT2D eigenvalue weighted by Crippen LogP contribution is 2.30. The molecule has 0 bridgehead atoms. The molecule has 1 N–H and O–H groups in total. The molecule has 5 nitrogen and oxygen atoms in total. The van der Waals surface area contributed by atoms with Gasteiger partial charge in [0.2, 0.25) is 0 Å². The molecule has 0 aliphatic heterocycles. The molecule has 0 fully saturated rings. The third-order valence-electron chi connectivity index (χ3n) is 3.47. The minimum Gasteiger partial charge on any atom is -0.478 e. The van der Waals surface area contributed by atoms with Crippen LogP contribution in [0.2, 0.25) is 0 Å². The van der Waals surface area contributed by atoms with Crippen LogP contribution in [0.15, 0.2) is 36.4 Å². The van der Waals surface area contributed by atoms with Crippen molar-refractivity contribution < 1.29 is 24.3 Å². The smallest absolute Gasteiger partial charge is 0.337 e. The number of hydrogen-bond donors (Lipinski definition) is 1. The topological polar surface area (TPSA) is 88.5 Å². The first-order valence-electron chi connectivity index (χ1n) is 6.10. The van der Waals surface area contributed by atoms with Gasteiger partial charge >= 0.3 is 5.97 Å². The van der Waals surface area contributed by atoms with Crippen molar-refractivity contribution >= 4 is 23.8 Å². The lowest BCUT2D eigenvalue weighted by atomic mass is 9.80. The summed E-state index contributed by atoms with van der Waals surface area (Å²) in [5.41, 5.74) is -0.347.